The van der Waals surface area contributed by atoms with Crippen molar-refractivity contribution in [3.05, 3.63) is 29.8 Å². The second kappa shape index (κ2) is 10.0. The summed E-state index contributed by atoms with van der Waals surface area (Å²) in [6.07, 6.45) is -2.53. The highest BCUT2D eigenvalue weighted by Crippen LogP contribution is 2.38. The summed E-state index contributed by atoms with van der Waals surface area (Å²) in [6.45, 7) is 16.7. The summed E-state index contributed by atoms with van der Waals surface area (Å²) in [4.78, 5) is 2.35. The SMILES string of the molecule is CCCN[C@H](CN1CC[C@@H](O[Si](C)(C)C(C)(C)C)C1)c1cccc(OC(F)(F)F)c1. The lowest BCUT2D eigenvalue weighted by Crippen LogP contribution is -2.44. The largest absolute Gasteiger partial charge is 0.573 e. The zero-order valence-corrected chi connectivity index (χ0v) is 20.1. The molecule has 2 rings (SSSR count). The van der Waals surface area contributed by atoms with Crippen molar-refractivity contribution in [2.24, 2.45) is 0 Å². The second-order valence-electron chi connectivity index (χ2n) is 9.68. The highest BCUT2D eigenvalue weighted by atomic mass is 28.4. The molecule has 172 valence electrons. The first-order chi connectivity index (χ1) is 13.8. The van der Waals surface area contributed by atoms with E-state index in [0.29, 0.717) is 0 Å². The van der Waals surface area contributed by atoms with Crippen LogP contribution in [-0.4, -0.2) is 51.9 Å². The van der Waals surface area contributed by atoms with Crippen molar-refractivity contribution >= 4 is 8.32 Å². The molecule has 1 saturated heterocycles. The molecule has 0 bridgehead atoms. The molecular weight excluding hydrogens is 409 g/mol. The minimum absolute atomic E-state index is 0.0617. The maximum atomic E-state index is 12.6. The van der Waals surface area contributed by atoms with Gasteiger partial charge in [-0.2, -0.15) is 0 Å². The van der Waals surface area contributed by atoms with E-state index in [-0.39, 0.29) is 22.9 Å². The van der Waals surface area contributed by atoms with E-state index in [0.717, 1.165) is 44.6 Å². The molecule has 0 unspecified atom stereocenters. The number of alkyl halides is 3. The number of ether oxygens (including phenoxy) is 1. The van der Waals surface area contributed by atoms with E-state index in [1.807, 2.05) is 6.07 Å². The van der Waals surface area contributed by atoms with Crippen molar-refractivity contribution in [1.29, 1.82) is 0 Å². The minimum atomic E-state index is -4.69. The molecule has 0 aliphatic carbocycles. The van der Waals surface area contributed by atoms with E-state index in [4.69, 9.17) is 4.43 Å². The molecule has 0 spiro atoms. The van der Waals surface area contributed by atoms with E-state index in [9.17, 15) is 13.2 Å². The van der Waals surface area contributed by atoms with Gasteiger partial charge >= 0.3 is 6.36 Å². The molecule has 1 aliphatic heterocycles. The lowest BCUT2D eigenvalue weighted by molar-refractivity contribution is -0.274. The Morgan fingerprint density at radius 3 is 2.53 bits per heavy atom. The fourth-order valence-corrected chi connectivity index (χ4v) is 4.82. The average molecular weight is 447 g/mol. The zero-order valence-electron chi connectivity index (χ0n) is 19.1. The van der Waals surface area contributed by atoms with Crippen LogP contribution in [0.5, 0.6) is 5.75 Å². The lowest BCUT2D eigenvalue weighted by Gasteiger charge is -2.38. The van der Waals surface area contributed by atoms with Gasteiger partial charge in [-0.05, 0) is 55.2 Å². The van der Waals surface area contributed by atoms with Crippen molar-refractivity contribution in [2.75, 3.05) is 26.2 Å². The van der Waals surface area contributed by atoms with E-state index in [2.05, 4.69) is 55.7 Å². The Kier molecular flexibility index (Phi) is 8.41. The summed E-state index contributed by atoms with van der Waals surface area (Å²) >= 11 is 0. The Bertz CT molecular complexity index is 677. The van der Waals surface area contributed by atoms with E-state index < -0.39 is 14.7 Å². The molecule has 1 heterocycles. The lowest BCUT2D eigenvalue weighted by atomic mass is 10.1. The van der Waals surface area contributed by atoms with Crippen molar-refractivity contribution in [3.63, 3.8) is 0 Å². The van der Waals surface area contributed by atoms with Crippen LogP contribution in [0, 0.1) is 0 Å². The van der Waals surface area contributed by atoms with Gasteiger partial charge in [0, 0.05) is 25.7 Å². The third kappa shape index (κ3) is 7.55. The van der Waals surface area contributed by atoms with Gasteiger partial charge in [-0.25, -0.2) is 0 Å². The summed E-state index contributed by atoms with van der Waals surface area (Å²) in [6, 6.07) is 6.24. The van der Waals surface area contributed by atoms with Crippen LogP contribution in [0.15, 0.2) is 24.3 Å². The number of rotatable bonds is 9. The third-order valence-electron chi connectivity index (χ3n) is 6.07. The van der Waals surface area contributed by atoms with Gasteiger partial charge in [0.2, 0.25) is 0 Å². The van der Waals surface area contributed by atoms with Gasteiger partial charge in [0.1, 0.15) is 5.75 Å². The smallest absolute Gasteiger partial charge is 0.413 e. The van der Waals surface area contributed by atoms with Crippen molar-refractivity contribution in [2.45, 2.75) is 77.2 Å². The number of likely N-dealkylation sites (tertiary alicyclic amines) is 1. The van der Waals surface area contributed by atoms with E-state index in [1.165, 1.54) is 12.1 Å². The van der Waals surface area contributed by atoms with Gasteiger partial charge in [-0.15, -0.1) is 13.2 Å². The molecule has 0 radical (unpaired) electrons. The standard InChI is InChI=1S/C22H37F3N2O2Si/c1-7-12-26-20(17-9-8-10-18(14-17)28-22(23,24)25)16-27-13-11-19(15-27)29-30(5,6)21(2,3)4/h8-10,14,19-20,26H,7,11-13,15-16H2,1-6H3/t19-,20-/m1/s1. The molecule has 0 aromatic heterocycles. The Labute approximate surface area is 180 Å². The summed E-state index contributed by atoms with van der Waals surface area (Å²) < 4.78 is 48.5. The van der Waals surface area contributed by atoms with Gasteiger partial charge in [0.15, 0.2) is 8.32 Å². The van der Waals surface area contributed by atoms with E-state index in [1.54, 1.807) is 6.07 Å². The first kappa shape index (κ1) is 25.2. The molecule has 1 aliphatic rings. The predicted octanol–water partition coefficient (Wildman–Crippen LogP) is 5.72. The molecule has 8 heteroatoms. The van der Waals surface area contributed by atoms with Gasteiger partial charge < -0.3 is 14.5 Å². The minimum Gasteiger partial charge on any atom is -0.413 e. The van der Waals surface area contributed by atoms with Crippen molar-refractivity contribution in [3.8, 4) is 5.75 Å². The van der Waals surface area contributed by atoms with Crippen LogP contribution in [-0.2, 0) is 4.43 Å². The number of halogens is 3. The normalized spacial score (nSPS) is 19.8. The van der Waals surface area contributed by atoms with Crippen LogP contribution in [0.3, 0.4) is 0 Å². The highest BCUT2D eigenvalue weighted by molar-refractivity contribution is 6.74. The van der Waals surface area contributed by atoms with Crippen LogP contribution >= 0.6 is 0 Å². The number of nitrogens with zero attached hydrogens (tertiary/aromatic N) is 1. The molecule has 4 nitrogen and oxygen atoms in total. The van der Waals surface area contributed by atoms with Crippen molar-refractivity contribution < 1.29 is 22.3 Å². The molecule has 1 N–H and O–H groups in total. The molecular formula is C22H37F3N2O2Si. The van der Waals surface area contributed by atoms with Crippen LogP contribution < -0.4 is 10.1 Å². The zero-order chi connectivity index (χ0) is 22.6. The number of nitrogens with one attached hydrogen (secondary N) is 1. The topological polar surface area (TPSA) is 33.7 Å². The van der Waals surface area contributed by atoms with Gasteiger partial charge in [-0.3, -0.25) is 4.90 Å². The third-order valence-corrected chi connectivity index (χ3v) is 10.6. The summed E-state index contributed by atoms with van der Waals surface area (Å²) in [5.74, 6) is -0.177. The molecule has 1 aromatic rings. The Morgan fingerprint density at radius 2 is 1.93 bits per heavy atom. The Hall–Kier alpha value is -1.09. The monoisotopic (exact) mass is 446 g/mol. The quantitative estimate of drug-likeness (QED) is 0.492. The molecule has 1 fully saturated rings. The maximum absolute atomic E-state index is 12.6. The maximum Gasteiger partial charge on any atom is 0.573 e. The second-order valence-corrected chi connectivity index (χ2v) is 14.4. The summed E-state index contributed by atoms with van der Waals surface area (Å²) in [7, 11) is -1.82. The summed E-state index contributed by atoms with van der Waals surface area (Å²) in [5.41, 5.74) is 0.805. The van der Waals surface area contributed by atoms with E-state index >= 15 is 0 Å². The highest BCUT2D eigenvalue weighted by Gasteiger charge is 2.40. The molecule has 2 atom stereocenters. The number of hydrogen-bond donors (Lipinski definition) is 1. The van der Waals surface area contributed by atoms with Gasteiger partial charge in [0.25, 0.3) is 0 Å². The Morgan fingerprint density at radius 1 is 1.23 bits per heavy atom. The van der Waals surface area contributed by atoms with Gasteiger partial charge in [-0.1, -0.05) is 39.8 Å². The number of hydrogen-bond acceptors (Lipinski definition) is 4. The van der Waals surface area contributed by atoms with Crippen molar-refractivity contribution in [1.82, 2.24) is 10.2 Å². The fraction of sp³-hybridized carbons (Fsp3) is 0.727. The van der Waals surface area contributed by atoms with Crippen LogP contribution in [0.2, 0.25) is 18.1 Å². The van der Waals surface area contributed by atoms with Crippen LogP contribution in [0.4, 0.5) is 13.2 Å². The predicted molar refractivity (Wildman–Crippen MR) is 117 cm³/mol. The van der Waals surface area contributed by atoms with Gasteiger partial charge in [0.05, 0.1) is 6.10 Å². The molecule has 0 amide bonds. The summed E-state index contributed by atoms with van der Waals surface area (Å²) in [5, 5.41) is 3.65. The van der Waals surface area contributed by atoms with Crippen LogP contribution in [0.1, 0.15) is 52.1 Å². The van der Waals surface area contributed by atoms with Crippen LogP contribution in [0.25, 0.3) is 0 Å². The molecule has 30 heavy (non-hydrogen) atoms. The fourth-order valence-electron chi connectivity index (χ4n) is 3.45. The Balaban J connectivity index is 2.05. The molecule has 1 aromatic carbocycles. The number of benzene rings is 1. The first-order valence-electron chi connectivity index (χ1n) is 10.8. The average Bonchev–Trinajstić information content (AvgIpc) is 3.02. The first-order valence-corrected chi connectivity index (χ1v) is 13.7. The molecule has 0 saturated carbocycles.